The van der Waals surface area contributed by atoms with E-state index in [0.29, 0.717) is 0 Å². The molecule has 0 N–H and O–H groups in total. The van der Waals surface area contributed by atoms with Gasteiger partial charge < -0.3 is 0 Å². The van der Waals surface area contributed by atoms with Gasteiger partial charge in [0.25, 0.3) is 0 Å². The molecule has 0 atom stereocenters. The van der Waals surface area contributed by atoms with E-state index in [1.807, 2.05) is 0 Å². The van der Waals surface area contributed by atoms with Crippen LogP contribution >= 0.6 is 0 Å². The first-order valence-corrected chi connectivity index (χ1v) is 5.23. The van der Waals surface area contributed by atoms with Crippen LogP contribution in [0.3, 0.4) is 0 Å². The predicted molar refractivity (Wildman–Crippen MR) is 69.2 cm³/mol. The molecule has 0 saturated carbocycles. The second kappa shape index (κ2) is 4.97. The molecule has 0 amide bonds. The topological polar surface area (TPSA) is 0 Å². The summed E-state index contributed by atoms with van der Waals surface area (Å²) in [6.07, 6.45) is 1.17. The van der Waals surface area contributed by atoms with Gasteiger partial charge in [-0.3, -0.25) is 0 Å². The summed E-state index contributed by atoms with van der Waals surface area (Å²) in [6.45, 7) is 4.52. The number of fused-ring (bicyclic) bond motifs is 1. The highest BCUT2D eigenvalue weighted by molar-refractivity contribution is 5.82. The SMILES string of the molecule is C.CC(C)Cc1ccc2ccccc2c1. The van der Waals surface area contributed by atoms with Crippen LogP contribution in [0.25, 0.3) is 10.8 Å². The molecule has 15 heavy (non-hydrogen) atoms. The first-order valence-electron chi connectivity index (χ1n) is 5.23. The highest BCUT2D eigenvalue weighted by Gasteiger charge is 1.98. The molecular weight excluding hydrogens is 180 g/mol. The lowest BCUT2D eigenvalue weighted by Gasteiger charge is -2.06. The number of rotatable bonds is 2. The van der Waals surface area contributed by atoms with Gasteiger partial charge >= 0.3 is 0 Å². The summed E-state index contributed by atoms with van der Waals surface area (Å²) >= 11 is 0. The van der Waals surface area contributed by atoms with Gasteiger partial charge in [0.2, 0.25) is 0 Å². The molecule has 0 bridgehead atoms. The van der Waals surface area contributed by atoms with Crippen molar-refractivity contribution >= 4 is 10.8 Å². The van der Waals surface area contributed by atoms with Crippen LogP contribution in [-0.2, 0) is 6.42 Å². The maximum Gasteiger partial charge on any atom is -0.0181 e. The van der Waals surface area contributed by atoms with Crippen molar-refractivity contribution in [3.8, 4) is 0 Å². The molecule has 0 radical (unpaired) electrons. The molecule has 0 aromatic heterocycles. The average molecular weight is 200 g/mol. The summed E-state index contributed by atoms with van der Waals surface area (Å²) in [5.41, 5.74) is 1.44. The van der Waals surface area contributed by atoms with Crippen LogP contribution in [0.5, 0.6) is 0 Å². The van der Waals surface area contributed by atoms with Crippen molar-refractivity contribution in [1.82, 2.24) is 0 Å². The second-order valence-corrected chi connectivity index (χ2v) is 4.28. The van der Waals surface area contributed by atoms with Crippen molar-refractivity contribution in [3.63, 3.8) is 0 Å². The summed E-state index contributed by atoms with van der Waals surface area (Å²) < 4.78 is 0. The normalized spacial score (nSPS) is 10.3. The van der Waals surface area contributed by atoms with Gasteiger partial charge in [-0.1, -0.05) is 63.7 Å². The van der Waals surface area contributed by atoms with Gasteiger partial charge in [0.1, 0.15) is 0 Å². The number of hydrogen-bond donors (Lipinski definition) is 0. The Morgan fingerprint density at radius 1 is 0.933 bits per heavy atom. The molecular formula is C15H20. The zero-order chi connectivity index (χ0) is 9.97. The summed E-state index contributed by atoms with van der Waals surface area (Å²) in [6, 6.07) is 15.3. The maximum absolute atomic E-state index is 2.30. The molecule has 0 nitrogen and oxygen atoms in total. The van der Waals surface area contributed by atoms with E-state index in [1.54, 1.807) is 0 Å². The molecule has 0 aliphatic heterocycles. The Hall–Kier alpha value is -1.30. The van der Waals surface area contributed by atoms with Crippen LogP contribution < -0.4 is 0 Å². The van der Waals surface area contributed by atoms with Gasteiger partial charge in [-0.05, 0) is 28.7 Å². The summed E-state index contributed by atoms with van der Waals surface area (Å²) in [5.74, 6) is 0.733. The molecule has 0 heterocycles. The molecule has 2 aromatic carbocycles. The summed E-state index contributed by atoms with van der Waals surface area (Å²) in [7, 11) is 0. The van der Waals surface area contributed by atoms with Crippen molar-refractivity contribution in [2.75, 3.05) is 0 Å². The van der Waals surface area contributed by atoms with E-state index in [0.717, 1.165) is 5.92 Å². The smallest absolute Gasteiger partial charge is 0.0181 e. The lowest BCUT2D eigenvalue weighted by molar-refractivity contribution is 0.648. The van der Waals surface area contributed by atoms with E-state index in [9.17, 15) is 0 Å². The molecule has 0 aliphatic carbocycles. The Morgan fingerprint density at radius 3 is 2.27 bits per heavy atom. The fourth-order valence-corrected chi connectivity index (χ4v) is 1.84. The zero-order valence-electron chi connectivity index (χ0n) is 8.83. The van der Waals surface area contributed by atoms with E-state index in [4.69, 9.17) is 0 Å². The standard InChI is InChI=1S/C14H16.CH4/c1-11(2)9-12-7-8-13-5-3-4-6-14(13)10-12;/h3-8,10-11H,9H2,1-2H3;1H4. The minimum absolute atomic E-state index is 0. The third kappa shape index (κ3) is 2.82. The van der Waals surface area contributed by atoms with Crippen molar-refractivity contribution < 1.29 is 0 Å². The third-order valence-electron chi connectivity index (χ3n) is 2.46. The Labute approximate surface area is 92.9 Å². The van der Waals surface area contributed by atoms with Crippen molar-refractivity contribution in [2.24, 2.45) is 5.92 Å². The lowest BCUT2D eigenvalue weighted by atomic mass is 10.00. The van der Waals surface area contributed by atoms with Gasteiger partial charge in [-0.15, -0.1) is 0 Å². The minimum atomic E-state index is 0. The van der Waals surface area contributed by atoms with Crippen LogP contribution in [0, 0.1) is 5.92 Å². The highest BCUT2D eigenvalue weighted by atomic mass is 14.0. The molecule has 0 fully saturated rings. The number of benzene rings is 2. The monoisotopic (exact) mass is 200 g/mol. The van der Waals surface area contributed by atoms with E-state index < -0.39 is 0 Å². The molecule has 0 heteroatoms. The molecule has 2 rings (SSSR count). The average Bonchev–Trinajstić information content (AvgIpc) is 2.17. The Morgan fingerprint density at radius 2 is 1.60 bits per heavy atom. The quantitative estimate of drug-likeness (QED) is 0.660. The molecule has 0 unspecified atom stereocenters. The van der Waals surface area contributed by atoms with Crippen LogP contribution in [0.4, 0.5) is 0 Å². The van der Waals surface area contributed by atoms with E-state index in [1.165, 1.54) is 22.8 Å². The highest BCUT2D eigenvalue weighted by Crippen LogP contribution is 2.17. The Kier molecular flexibility index (Phi) is 3.90. The molecule has 0 saturated heterocycles. The molecule has 0 spiro atoms. The lowest BCUT2D eigenvalue weighted by Crippen LogP contribution is -1.93. The second-order valence-electron chi connectivity index (χ2n) is 4.28. The maximum atomic E-state index is 2.30. The fourth-order valence-electron chi connectivity index (χ4n) is 1.84. The van der Waals surface area contributed by atoms with Crippen LogP contribution in [0.1, 0.15) is 26.8 Å². The largest absolute Gasteiger partial charge is 0.0776 e. The van der Waals surface area contributed by atoms with Crippen LogP contribution in [0.2, 0.25) is 0 Å². The van der Waals surface area contributed by atoms with Crippen molar-refractivity contribution in [1.29, 1.82) is 0 Å². The van der Waals surface area contributed by atoms with E-state index in [-0.39, 0.29) is 7.43 Å². The van der Waals surface area contributed by atoms with Gasteiger partial charge in [0.05, 0.1) is 0 Å². The first-order chi connectivity index (χ1) is 6.75. The van der Waals surface area contributed by atoms with E-state index >= 15 is 0 Å². The van der Waals surface area contributed by atoms with Gasteiger partial charge in [-0.2, -0.15) is 0 Å². The van der Waals surface area contributed by atoms with Gasteiger partial charge in [-0.25, -0.2) is 0 Å². The van der Waals surface area contributed by atoms with Crippen molar-refractivity contribution in [2.45, 2.75) is 27.7 Å². The minimum Gasteiger partial charge on any atom is -0.0776 e. The summed E-state index contributed by atoms with van der Waals surface area (Å²) in [4.78, 5) is 0. The predicted octanol–water partition coefficient (Wildman–Crippen LogP) is 4.67. The van der Waals surface area contributed by atoms with Gasteiger partial charge in [0.15, 0.2) is 0 Å². The Balaban J connectivity index is 0.00000112. The molecule has 0 aliphatic rings. The van der Waals surface area contributed by atoms with Crippen molar-refractivity contribution in [3.05, 3.63) is 48.0 Å². The zero-order valence-corrected chi connectivity index (χ0v) is 8.83. The summed E-state index contributed by atoms with van der Waals surface area (Å²) in [5, 5.41) is 2.69. The van der Waals surface area contributed by atoms with Crippen LogP contribution in [0.15, 0.2) is 42.5 Å². The van der Waals surface area contributed by atoms with Crippen LogP contribution in [-0.4, -0.2) is 0 Å². The first kappa shape index (κ1) is 11.8. The third-order valence-corrected chi connectivity index (χ3v) is 2.46. The van der Waals surface area contributed by atoms with Gasteiger partial charge in [0, 0.05) is 0 Å². The number of hydrogen-bond acceptors (Lipinski definition) is 0. The molecule has 2 aromatic rings. The Bertz CT molecular complexity index is 427. The van der Waals surface area contributed by atoms with E-state index in [2.05, 4.69) is 56.3 Å². The fraction of sp³-hybridized carbons (Fsp3) is 0.333. The molecule has 80 valence electrons.